The fourth-order valence-corrected chi connectivity index (χ4v) is 5.34. The van der Waals surface area contributed by atoms with Crippen molar-refractivity contribution in [2.75, 3.05) is 19.6 Å². The molecule has 1 aromatic carbocycles. The van der Waals surface area contributed by atoms with E-state index in [0.29, 0.717) is 12.5 Å². The maximum absolute atomic E-state index is 12.2. The summed E-state index contributed by atoms with van der Waals surface area (Å²) in [6, 6.07) is 8.16. The van der Waals surface area contributed by atoms with Crippen LogP contribution < -0.4 is 15.5 Å². The summed E-state index contributed by atoms with van der Waals surface area (Å²) < 4.78 is 1.25. The van der Waals surface area contributed by atoms with Crippen LogP contribution in [-0.4, -0.2) is 42.6 Å². The highest BCUT2D eigenvalue weighted by molar-refractivity contribution is 7.18. The van der Waals surface area contributed by atoms with Gasteiger partial charge in [0.05, 0.1) is 28.3 Å². The van der Waals surface area contributed by atoms with Gasteiger partial charge in [0.1, 0.15) is 0 Å². The van der Waals surface area contributed by atoms with Gasteiger partial charge in [0.25, 0.3) is 5.91 Å². The number of hydrogen-bond donors (Lipinski definition) is 3. The van der Waals surface area contributed by atoms with Crippen LogP contribution in [-0.2, 0) is 4.79 Å². The third kappa shape index (κ3) is 4.65. The zero-order chi connectivity index (χ0) is 18.6. The van der Waals surface area contributed by atoms with Crippen molar-refractivity contribution in [1.82, 2.24) is 15.6 Å². The topological polar surface area (TPSA) is 75.5 Å². The molecule has 1 aliphatic carbocycles. The largest absolute Gasteiger partial charge is 0.335 e. The summed E-state index contributed by atoms with van der Waals surface area (Å²) in [7, 11) is 0. The second-order valence-corrected chi connectivity index (χ2v) is 8.79. The number of nitrogens with zero attached hydrogens (tertiary/aromatic N) is 1. The lowest BCUT2D eigenvalue weighted by Gasteiger charge is -2.27. The van der Waals surface area contributed by atoms with Gasteiger partial charge in [0.15, 0.2) is 6.54 Å². The third-order valence-electron chi connectivity index (χ3n) is 5.71. The number of thiazole rings is 1. The molecule has 6 nitrogen and oxygen atoms in total. The molecule has 0 atom stereocenters. The first kappa shape index (κ1) is 18.4. The van der Waals surface area contributed by atoms with Gasteiger partial charge in [0.2, 0.25) is 0 Å². The van der Waals surface area contributed by atoms with Gasteiger partial charge < -0.3 is 10.2 Å². The molecule has 1 aromatic heterocycles. The molecular formula is C20H27N4O2S+. The molecule has 144 valence electrons. The Kier molecular flexibility index (Phi) is 5.69. The van der Waals surface area contributed by atoms with E-state index in [9.17, 15) is 9.59 Å². The Morgan fingerprint density at radius 2 is 1.85 bits per heavy atom. The van der Waals surface area contributed by atoms with Gasteiger partial charge in [-0.25, -0.2) is 9.78 Å². The van der Waals surface area contributed by atoms with Crippen molar-refractivity contribution in [3.63, 3.8) is 0 Å². The van der Waals surface area contributed by atoms with Gasteiger partial charge in [-0.1, -0.05) is 25.0 Å². The monoisotopic (exact) mass is 387 g/mol. The number of nitrogens with one attached hydrogen (secondary N) is 3. The Labute approximate surface area is 163 Å². The summed E-state index contributed by atoms with van der Waals surface area (Å²) >= 11 is 1.79. The van der Waals surface area contributed by atoms with E-state index in [-0.39, 0.29) is 18.0 Å². The van der Waals surface area contributed by atoms with E-state index in [4.69, 9.17) is 4.98 Å². The summed E-state index contributed by atoms with van der Waals surface area (Å²) in [5.74, 6) is 0.304. The number of fused-ring (bicyclic) bond motifs is 1. The van der Waals surface area contributed by atoms with Crippen molar-refractivity contribution in [3.05, 3.63) is 29.3 Å². The summed E-state index contributed by atoms with van der Waals surface area (Å²) in [6.07, 6.45) is 6.44. The molecule has 0 bridgehead atoms. The molecule has 0 unspecified atom stereocenters. The van der Waals surface area contributed by atoms with Crippen LogP contribution >= 0.6 is 11.3 Å². The van der Waals surface area contributed by atoms with Crippen LogP contribution in [0.4, 0.5) is 4.79 Å². The quantitative estimate of drug-likeness (QED) is 0.749. The Bertz CT molecular complexity index is 774. The van der Waals surface area contributed by atoms with E-state index < -0.39 is 0 Å². The average molecular weight is 388 g/mol. The van der Waals surface area contributed by atoms with Crippen LogP contribution in [0.2, 0.25) is 0 Å². The SMILES string of the molecule is O=C(C[NH+]1CCC(c2nc3ccccc3s2)CC1)NC(=O)NC1CCCC1. The van der Waals surface area contributed by atoms with E-state index in [1.54, 1.807) is 11.3 Å². The lowest BCUT2D eigenvalue weighted by molar-refractivity contribution is -0.897. The third-order valence-corrected chi connectivity index (χ3v) is 6.91. The number of urea groups is 1. The van der Waals surface area contributed by atoms with Gasteiger partial charge in [0, 0.05) is 24.8 Å². The Hall–Kier alpha value is -1.99. The molecule has 1 saturated carbocycles. The molecule has 0 spiro atoms. The maximum Gasteiger partial charge on any atom is 0.321 e. The van der Waals surface area contributed by atoms with Crippen LogP contribution in [0.5, 0.6) is 0 Å². The molecule has 2 aromatic rings. The normalized spacial score (nSPS) is 23.4. The Morgan fingerprint density at radius 1 is 1.11 bits per heavy atom. The Morgan fingerprint density at radius 3 is 2.59 bits per heavy atom. The van der Waals surface area contributed by atoms with Gasteiger partial charge >= 0.3 is 6.03 Å². The number of amides is 3. The highest BCUT2D eigenvalue weighted by Crippen LogP contribution is 2.31. The first-order valence-corrected chi connectivity index (χ1v) is 10.8. The predicted molar refractivity (Wildman–Crippen MR) is 106 cm³/mol. The number of piperidine rings is 1. The van der Waals surface area contributed by atoms with Crippen LogP contribution in [0.15, 0.2) is 24.3 Å². The molecular weight excluding hydrogens is 360 g/mol. The van der Waals surface area contributed by atoms with Crippen molar-refractivity contribution < 1.29 is 14.5 Å². The second-order valence-electron chi connectivity index (χ2n) is 7.72. The molecule has 2 fully saturated rings. The van der Waals surface area contributed by atoms with Gasteiger partial charge in [-0.3, -0.25) is 10.1 Å². The number of rotatable bonds is 4. The predicted octanol–water partition coefficient (Wildman–Crippen LogP) is 1.83. The first-order chi connectivity index (χ1) is 13.2. The number of imide groups is 1. The zero-order valence-corrected chi connectivity index (χ0v) is 16.3. The van der Waals surface area contributed by atoms with E-state index in [1.807, 2.05) is 6.07 Å². The molecule has 1 saturated heterocycles. The molecule has 2 aliphatic rings. The second kappa shape index (κ2) is 8.35. The maximum atomic E-state index is 12.2. The van der Waals surface area contributed by atoms with Gasteiger partial charge in [-0.05, 0) is 25.0 Å². The fourth-order valence-electron chi connectivity index (χ4n) is 4.20. The van der Waals surface area contributed by atoms with Crippen LogP contribution in [0.25, 0.3) is 10.2 Å². The van der Waals surface area contributed by atoms with E-state index >= 15 is 0 Å². The highest BCUT2D eigenvalue weighted by Gasteiger charge is 2.27. The molecule has 3 amide bonds. The molecule has 1 aliphatic heterocycles. The zero-order valence-electron chi connectivity index (χ0n) is 15.5. The number of benzene rings is 1. The van der Waals surface area contributed by atoms with Gasteiger partial charge in [-0.15, -0.1) is 11.3 Å². The summed E-state index contributed by atoms with van der Waals surface area (Å²) in [5, 5.41) is 6.61. The lowest BCUT2D eigenvalue weighted by atomic mass is 9.97. The number of likely N-dealkylation sites (tertiary alicyclic amines) is 1. The fraction of sp³-hybridized carbons (Fsp3) is 0.550. The molecule has 7 heteroatoms. The summed E-state index contributed by atoms with van der Waals surface area (Å²) in [4.78, 5) is 30.1. The molecule has 3 N–H and O–H groups in total. The molecule has 0 radical (unpaired) electrons. The number of carbonyl (C=O) groups is 2. The number of para-hydroxylation sites is 1. The summed E-state index contributed by atoms with van der Waals surface area (Å²) in [5.41, 5.74) is 1.08. The first-order valence-electron chi connectivity index (χ1n) is 9.97. The van der Waals surface area contributed by atoms with Gasteiger partial charge in [-0.2, -0.15) is 0 Å². The van der Waals surface area contributed by atoms with Crippen molar-refractivity contribution >= 4 is 33.5 Å². The standard InChI is InChI=1S/C20H26N4O2S/c25-18(23-20(26)21-15-5-1-2-6-15)13-24-11-9-14(10-12-24)19-22-16-7-3-4-8-17(16)27-19/h3-4,7-8,14-15H,1-2,5-6,9-13H2,(H2,21,23,25,26)/p+1. The summed E-state index contributed by atoms with van der Waals surface area (Å²) in [6.45, 7) is 2.25. The van der Waals surface area contributed by atoms with Crippen molar-refractivity contribution in [3.8, 4) is 0 Å². The molecule has 2 heterocycles. The lowest BCUT2D eigenvalue weighted by Crippen LogP contribution is -3.14. The minimum Gasteiger partial charge on any atom is -0.335 e. The van der Waals surface area contributed by atoms with Crippen LogP contribution in [0, 0.1) is 0 Å². The van der Waals surface area contributed by atoms with E-state index in [2.05, 4.69) is 28.8 Å². The van der Waals surface area contributed by atoms with Crippen molar-refractivity contribution in [1.29, 1.82) is 0 Å². The smallest absolute Gasteiger partial charge is 0.321 e. The van der Waals surface area contributed by atoms with Crippen molar-refractivity contribution in [2.24, 2.45) is 0 Å². The Balaban J connectivity index is 1.23. The highest BCUT2D eigenvalue weighted by atomic mass is 32.1. The molecule has 4 rings (SSSR count). The number of quaternary nitrogens is 1. The minimum absolute atomic E-state index is 0.182. The molecule has 27 heavy (non-hydrogen) atoms. The number of carbonyl (C=O) groups excluding carboxylic acids is 2. The van der Waals surface area contributed by atoms with Crippen molar-refractivity contribution in [2.45, 2.75) is 50.5 Å². The van der Waals surface area contributed by atoms with E-state index in [0.717, 1.165) is 57.1 Å². The van der Waals surface area contributed by atoms with Crippen LogP contribution in [0.3, 0.4) is 0 Å². The number of aromatic nitrogens is 1. The minimum atomic E-state index is -0.337. The average Bonchev–Trinajstić information content (AvgIpc) is 3.31. The number of hydrogen-bond acceptors (Lipinski definition) is 4. The van der Waals surface area contributed by atoms with E-state index in [1.165, 1.54) is 14.6 Å². The van der Waals surface area contributed by atoms with Crippen LogP contribution in [0.1, 0.15) is 49.5 Å².